The molecule has 19 heavy (non-hydrogen) atoms. The summed E-state index contributed by atoms with van der Waals surface area (Å²) in [4.78, 5) is 2.54. The van der Waals surface area contributed by atoms with Crippen molar-refractivity contribution in [2.45, 2.75) is 0 Å². The summed E-state index contributed by atoms with van der Waals surface area (Å²) < 4.78 is 5.93. The fourth-order valence-electron chi connectivity index (χ4n) is 1.84. The van der Waals surface area contributed by atoms with Gasteiger partial charge in [0.25, 0.3) is 0 Å². The highest BCUT2D eigenvalue weighted by atomic mass is 79.9. The Kier molecular flexibility index (Phi) is 3.19. The largest absolute Gasteiger partial charge is 0.457 e. The van der Waals surface area contributed by atoms with Gasteiger partial charge in [-0.15, -0.1) is 22.7 Å². The minimum absolute atomic E-state index is 0.534. The summed E-state index contributed by atoms with van der Waals surface area (Å²) in [6, 6.07) is 7.99. The molecule has 0 unspecified atom stereocenters. The molecule has 0 aliphatic heterocycles. The van der Waals surface area contributed by atoms with E-state index in [2.05, 4.69) is 22.0 Å². The molecule has 0 bridgehead atoms. The van der Waals surface area contributed by atoms with Crippen molar-refractivity contribution in [3.05, 3.63) is 39.4 Å². The van der Waals surface area contributed by atoms with Crippen LogP contribution in [0, 0.1) is 11.3 Å². The number of nitrogen functional groups attached to an aromatic ring is 1. The van der Waals surface area contributed by atoms with E-state index in [4.69, 9.17) is 15.4 Å². The third kappa shape index (κ3) is 2.00. The molecular formula is C13H7BrN2OS2. The van der Waals surface area contributed by atoms with E-state index in [0.717, 1.165) is 20.9 Å². The molecular weight excluding hydrogens is 344 g/mol. The van der Waals surface area contributed by atoms with Crippen LogP contribution in [0.1, 0.15) is 4.88 Å². The number of halogens is 1. The summed E-state index contributed by atoms with van der Waals surface area (Å²) in [7, 11) is 0. The molecule has 0 saturated carbocycles. The first kappa shape index (κ1) is 12.5. The molecule has 3 heterocycles. The molecule has 0 saturated heterocycles. The lowest BCUT2D eigenvalue weighted by atomic mass is 10.1. The molecule has 0 radical (unpaired) electrons. The van der Waals surface area contributed by atoms with Crippen molar-refractivity contribution >= 4 is 44.3 Å². The van der Waals surface area contributed by atoms with E-state index in [0.29, 0.717) is 15.2 Å². The summed E-state index contributed by atoms with van der Waals surface area (Å²) in [6.07, 6.45) is 1.61. The van der Waals surface area contributed by atoms with E-state index in [1.54, 1.807) is 17.6 Å². The summed E-state index contributed by atoms with van der Waals surface area (Å²) in [5.74, 6) is 0. The maximum atomic E-state index is 9.17. The maximum absolute atomic E-state index is 9.17. The normalized spacial score (nSPS) is 10.5. The maximum Gasteiger partial charge on any atom is 0.177 e. The van der Waals surface area contributed by atoms with Gasteiger partial charge in [-0.1, -0.05) is 6.07 Å². The molecule has 0 amide bonds. The molecule has 0 aliphatic rings. The predicted octanol–water partition coefficient (Wildman–Crippen LogP) is 4.95. The second kappa shape index (κ2) is 4.85. The Hall–Kier alpha value is -1.55. The van der Waals surface area contributed by atoms with Crippen LogP contribution in [0.15, 0.2) is 38.9 Å². The van der Waals surface area contributed by atoms with Crippen LogP contribution in [0.3, 0.4) is 0 Å². The number of thiophene rings is 2. The highest BCUT2D eigenvalue weighted by molar-refractivity contribution is 9.10. The van der Waals surface area contributed by atoms with Crippen molar-refractivity contribution in [3.63, 3.8) is 0 Å². The van der Waals surface area contributed by atoms with Crippen molar-refractivity contribution in [2.24, 2.45) is 0 Å². The van der Waals surface area contributed by atoms with Crippen molar-refractivity contribution in [1.29, 1.82) is 5.26 Å². The Labute approximate surface area is 126 Å². The van der Waals surface area contributed by atoms with Crippen LogP contribution in [0.25, 0.3) is 20.9 Å². The van der Waals surface area contributed by atoms with E-state index in [1.165, 1.54) is 11.3 Å². The summed E-state index contributed by atoms with van der Waals surface area (Å²) in [5.41, 5.74) is 8.48. The Bertz CT molecular complexity index is 765. The van der Waals surface area contributed by atoms with Crippen LogP contribution >= 0.6 is 38.6 Å². The number of hydrogen-bond donors (Lipinski definition) is 1. The molecule has 3 nitrogen and oxygen atoms in total. The Balaban J connectivity index is 2.31. The van der Waals surface area contributed by atoms with E-state index >= 15 is 0 Å². The standard InChI is InChI=1S/C13H7BrN2OS2/c14-13-7(3-4-17-13)12-10(8-2-1-5-18-8)11(16)9(6-15)19-12/h1-5H,16H2. The van der Waals surface area contributed by atoms with E-state index in [-0.39, 0.29) is 0 Å². The lowest BCUT2D eigenvalue weighted by Gasteiger charge is -2.01. The molecule has 3 rings (SSSR count). The van der Waals surface area contributed by atoms with E-state index in [1.807, 2.05) is 23.6 Å². The minimum Gasteiger partial charge on any atom is -0.457 e. The van der Waals surface area contributed by atoms with Gasteiger partial charge >= 0.3 is 0 Å². The number of nitrogens with zero attached hydrogens (tertiary/aromatic N) is 1. The zero-order chi connectivity index (χ0) is 13.4. The third-order valence-electron chi connectivity index (χ3n) is 2.68. The van der Waals surface area contributed by atoms with Crippen LogP contribution < -0.4 is 5.73 Å². The summed E-state index contributed by atoms with van der Waals surface area (Å²) in [6.45, 7) is 0. The highest BCUT2D eigenvalue weighted by Gasteiger charge is 2.21. The number of rotatable bonds is 2. The van der Waals surface area contributed by atoms with Crippen LogP contribution in [0.5, 0.6) is 0 Å². The van der Waals surface area contributed by atoms with E-state index < -0.39 is 0 Å². The molecule has 6 heteroatoms. The highest BCUT2D eigenvalue weighted by Crippen LogP contribution is 2.48. The molecule has 2 N–H and O–H groups in total. The SMILES string of the molecule is N#Cc1sc(-c2ccoc2Br)c(-c2cccs2)c1N. The Morgan fingerprint density at radius 3 is 2.79 bits per heavy atom. The zero-order valence-electron chi connectivity index (χ0n) is 9.51. The number of anilines is 1. The lowest BCUT2D eigenvalue weighted by molar-refractivity contribution is 0.542. The van der Waals surface area contributed by atoms with Crippen molar-refractivity contribution < 1.29 is 4.42 Å². The van der Waals surface area contributed by atoms with Gasteiger partial charge < -0.3 is 10.2 Å². The number of nitriles is 1. The Morgan fingerprint density at radius 2 is 2.21 bits per heavy atom. The van der Waals surface area contributed by atoms with Gasteiger partial charge in [-0.3, -0.25) is 0 Å². The van der Waals surface area contributed by atoms with Gasteiger partial charge in [0.15, 0.2) is 4.67 Å². The third-order valence-corrected chi connectivity index (χ3v) is 5.32. The van der Waals surface area contributed by atoms with Crippen LogP contribution in [0.2, 0.25) is 0 Å². The van der Waals surface area contributed by atoms with Gasteiger partial charge in [0.1, 0.15) is 10.9 Å². The predicted molar refractivity (Wildman–Crippen MR) is 82.2 cm³/mol. The van der Waals surface area contributed by atoms with Crippen molar-refractivity contribution in [1.82, 2.24) is 0 Å². The van der Waals surface area contributed by atoms with Gasteiger partial charge in [-0.05, 0) is 33.4 Å². The number of nitrogens with two attached hydrogens (primary N) is 1. The molecule has 3 aromatic rings. The van der Waals surface area contributed by atoms with Crippen LogP contribution in [-0.4, -0.2) is 0 Å². The molecule has 3 aromatic heterocycles. The smallest absolute Gasteiger partial charge is 0.177 e. The van der Waals surface area contributed by atoms with Gasteiger partial charge in [-0.2, -0.15) is 5.26 Å². The molecule has 0 spiro atoms. The molecule has 0 aromatic carbocycles. The Morgan fingerprint density at radius 1 is 1.37 bits per heavy atom. The summed E-state index contributed by atoms with van der Waals surface area (Å²) >= 11 is 6.37. The molecule has 0 fully saturated rings. The van der Waals surface area contributed by atoms with Crippen LogP contribution in [0.4, 0.5) is 5.69 Å². The second-order valence-electron chi connectivity index (χ2n) is 3.75. The molecule has 0 atom stereocenters. The first-order valence-corrected chi connectivity index (χ1v) is 7.81. The topological polar surface area (TPSA) is 63.0 Å². The van der Waals surface area contributed by atoms with Gasteiger partial charge in [-0.25, -0.2) is 0 Å². The first-order chi connectivity index (χ1) is 9.22. The fourth-order valence-corrected chi connectivity index (χ4v) is 4.32. The van der Waals surface area contributed by atoms with Crippen molar-refractivity contribution in [2.75, 3.05) is 5.73 Å². The monoisotopic (exact) mass is 350 g/mol. The van der Waals surface area contributed by atoms with Crippen LogP contribution in [-0.2, 0) is 0 Å². The average Bonchev–Trinajstić information content (AvgIpc) is 3.09. The van der Waals surface area contributed by atoms with Gasteiger partial charge in [0, 0.05) is 16.0 Å². The minimum atomic E-state index is 0.534. The lowest BCUT2D eigenvalue weighted by Crippen LogP contribution is -1.87. The quantitative estimate of drug-likeness (QED) is 0.710. The zero-order valence-corrected chi connectivity index (χ0v) is 12.7. The van der Waals surface area contributed by atoms with Gasteiger partial charge in [0.2, 0.25) is 0 Å². The van der Waals surface area contributed by atoms with E-state index in [9.17, 15) is 0 Å². The number of hydrogen-bond acceptors (Lipinski definition) is 5. The van der Waals surface area contributed by atoms with Crippen molar-refractivity contribution in [3.8, 4) is 27.0 Å². The number of furan rings is 1. The first-order valence-electron chi connectivity index (χ1n) is 5.32. The average molecular weight is 351 g/mol. The fraction of sp³-hybridized carbons (Fsp3) is 0. The summed E-state index contributed by atoms with van der Waals surface area (Å²) in [5, 5.41) is 11.2. The second-order valence-corrected chi connectivity index (χ2v) is 6.43. The van der Waals surface area contributed by atoms with Gasteiger partial charge in [0.05, 0.1) is 16.8 Å². The molecule has 0 aliphatic carbocycles. The molecule has 94 valence electrons.